The first-order valence-electron chi connectivity index (χ1n) is 7.76. The van der Waals surface area contributed by atoms with E-state index >= 15 is 0 Å². The Morgan fingerprint density at radius 2 is 1.58 bits per heavy atom. The highest BCUT2D eigenvalue weighted by Gasteiger charge is 2.41. The molecule has 0 spiro atoms. The van der Waals surface area contributed by atoms with Crippen molar-refractivity contribution < 1.29 is 4.43 Å². The van der Waals surface area contributed by atoms with Gasteiger partial charge in [0.15, 0.2) is 8.32 Å². The predicted molar refractivity (Wildman–Crippen MR) is 86.9 cm³/mol. The highest BCUT2D eigenvalue weighted by molar-refractivity contribution is 6.76. The van der Waals surface area contributed by atoms with Gasteiger partial charge in [0.2, 0.25) is 0 Å². The van der Waals surface area contributed by atoms with Gasteiger partial charge in [-0.1, -0.05) is 27.7 Å². The topological polar surface area (TPSA) is 73.3 Å². The van der Waals surface area contributed by atoms with Gasteiger partial charge in [-0.3, -0.25) is 0 Å². The Balaban J connectivity index is 4.37. The van der Waals surface area contributed by atoms with Crippen molar-refractivity contribution >= 4 is 8.32 Å². The number of hydrogen-bond acceptors (Lipinski definition) is 4. The quantitative estimate of drug-likeness (QED) is 0.380. The van der Waals surface area contributed by atoms with Crippen molar-refractivity contribution in [2.75, 3.05) is 32.8 Å². The molecule has 0 aromatic heterocycles. The fourth-order valence-corrected chi connectivity index (χ4v) is 7.26. The Morgan fingerprint density at radius 3 is 2.05 bits per heavy atom. The molecule has 19 heavy (non-hydrogen) atoms. The van der Waals surface area contributed by atoms with Crippen molar-refractivity contribution in [1.82, 2.24) is 5.32 Å². The molecule has 0 fully saturated rings. The van der Waals surface area contributed by atoms with Crippen LogP contribution < -0.4 is 16.8 Å². The third kappa shape index (κ3) is 6.86. The zero-order chi connectivity index (χ0) is 14.7. The second-order valence-electron chi connectivity index (χ2n) is 5.90. The van der Waals surface area contributed by atoms with E-state index in [1.54, 1.807) is 0 Å². The van der Waals surface area contributed by atoms with E-state index in [1.807, 2.05) is 0 Å². The lowest BCUT2D eigenvalue weighted by Crippen LogP contribution is -2.45. The summed E-state index contributed by atoms with van der Waals surface area (Å²) < 4.78 is 6.41. The van der Waals surface area contributed by atoms with Gasteiger partial charge in [0.05, 0.1) is 0 Å². The lowest BCUT2D eigenvalue weighted by Gasteiger charge is -2.39. The Kier molecular flexibility index (Phi) is 10.8. The van der Waals surface area contributed by atoms with Crippen molar-refractivity contribution in [3.63, 3.8) is 0 Å². The van der Waals surface area contributed by atoms with Gasteiger partial charge in [-0.25, -0.2) is 0 Å². The lowest BCUT2D eigenvalue weighted by atomic mass is 10.4. The SMILES string of the molecule is CC(C)[Si](CCCNCCN)(OCCCN)C(C)C. The van der Waals surface area contributed by atoms with Crippen molar-refractivity contribution in [1.29, 1.82) is 0 Å². The van der Waals surface area contributed by atoms with Crippen molar-refractivity contribution in [2.24, 2.45) is 11.5 Å². The second kappa shape index (κ2) is 10.8. The Hall–Kier alpha value is 0.0569. The molecule has 116 valence electrons. The van der Waals surface area contributed by atoms with Crippen molar-refractivity contribution in [3.05, 3.63) is 0 Å². The lowest BCUT2D eigenvalue weighted by molar-refractivity contribution is 0.280. The number of nitrogens with two attached hydrogens (primary N) is 2. The minimum absolute atomic E-state index is 0.653. The maximum Gasteiger partial charge on any atom is 0.197 e. The van der Waals surface area contributed by atoms with Gasteiger partial charge in [0.25, 0.3) is 0 Å². The molecule has 0 saturated carbocycles. The fourth-order valence-electron chi connectivity index (χ4n) is 2.71. The Bertz CT molecular complexity index is 205. The minimum Gasteiger partial charge on any atom is -0.416 e. The summed E-state index contributed by atoms with van der Waals surface area (Å²) >= 11 is 0. The number of nitrogens with one attached hydrogen (secondary N) is 1. The number of hydrogen-bond donors (Lipinski definition) is 3. The van der Waals surface area contributed by atoms with Crippen LogP contribution in [-0.4, -0.2) is 41.1 Å². The van der Waals surface area contributed by atoms with E-state index in [9.17, 15) is 0 Å². The smallest absolute Gasteiger partial charge is 0.197 e. The standard InChI is InChI=1S/C14H35N3OSi/c1-13(2)19(14(3)4,18-11-5-7-15)12-6-9-17-10-8-16/h13-14,17H,5-12,15-16H2,1-4H3. The molecule has 5 heteroatoms. The average Bonchev–Trinajstić information content (AvgIpc) is 2.35. The molecule has 0 aliphatic heterocycles. The molecule has 0 amide bonds. The van der Waals surface area contributed by atoms with Gasteiger partial charge in [0, 0.05) is 19.7 Å². The summed E-state index contributed by atoms with van der Waals surface area (Å²) in [5.41, 5.74) is 12.4. The van der Waals surface area contributed by atoms with Crippen LogP contribution in [0.2, 0.25) is 17.1 Å². The zero-order valence-corrected chi connectivity index (χ0v) is 14.4. The van der Waals surface area contributed by atoms with Gasteiger partial charge >= 0.3 is 0 Å². The molecule has 0 radical (unpaired) electrons. The summed E-state index contributed by atoms with van der Waals surface area (Å²) in [4.78, 5) is 0. The van der Waals surface area contributed by atoms with Crippen LogP contribution in [0.15, 0.2) is 0 Å². The Morgan fingerprint density at radius 1 is 0.947 bits per heavy atom. The number of rotatable bonds is 12. The minimum atomic E-state index is -1.67. The fraction of sp³-hybridized carbons (Fsp3) is 1.00. The van der Waals surface area contributed by atoms with Crippen LogP contribution in [0.5, 0.6) is 0 Å². The molecular weight excluding hydrogens is 254 g/mol. The highest BCUT2D eigenvalue weighted by atomic mass is 28.4. The molecule has 0 heterocycles. The van der Waals surface area contributed by atoms with E-state index in [-0.39, 0.29) is 0 Å². The third-order valence-electron chi connectivity index (χ3n) is 3.92. The molecule has 0 atom stereocenters. The van der Waals surface area contributed by atoms with Crippen LogP contribution >= 0.6 is 0 Å². The molecule has 0 saturated heterocycles. The molecule has 4 nitrogen and oxygen atoms in total. The van der Waals surface area contributed by atoms with Crippen LogP contribution in [0.3, 0.4) is 0 Å². The zero-order valence-electron chi connectivity index (χ0n) is 13.4. The second-order valence-corrected chi connectivity index (χ2v) is 10.9. The average molecular weight is 290 g/mol. The summed E-state index contributed by atoms with van der Waals surface area (Å²) in [5, 5.41) is 3.37. The normalized spacial score (nSPS) is 12.6. The van der Waals surface area contributed by atoms with Crippen LogP contribution in [0.1, 0.15) is 40.5 Å². The van der Waals surface area contributed by atoms with Crippen LogP contribution in [0, 0.1) is 0 Å². The molecule has 0 unspecified atom stereocenters. The Labute approximate surface area is 120 Å². The summed E-state index contributed by atoms with van der Waals surface area (Å²) in [6, 6.07) is 1.23. The molecule has 0 aliphatic carbocycles. The molecule has 0 rings (SSSR count). The monoisotopic (exact) mass is 289 g/mol. The van der Waals surface area contributed by atoms with E-state index in [2.05, 4.69) is 33.0 Å². The van der Waals surface area contributed by atoms with E-state index in [4.69, 9.17) is 15.9 Å². The van der Waals surface area contributed by atoms with Gasteiger partial charge in [-0.2, -0.15) is 0 Å². The van der Waals surface area contributed by atoms with Crippen molar-refractivity contribution in [2.45, 2.75) is 57.7 Å². The highest BCUT2D eigenvalue weighted by Crippen LogP contribution is 2.37. The van der Waals surface area contributed by atoms with Gasteiger partial charge in [0.1, 0.15) is 0 Å². The summed E-state index contributed by atoms with van der Waals surface area (Å²) in [5.74, 6) is 0. The summed E-state index contributed by atoms with van der Waals surface area (Å²) in [6.45, 7) is 13.5. The van der Waals surface area contributed by atoms with E-state index in [0.717, 1.165) is 32.7 Å². The van der Waals surface area contributed by atoms with Crippen LogP contribution in [0.25, 0.3) is 0 Å². The molecule has 0 aliphatic rings. The molecular formula is C14H35N3OSi. The molecule has 0 aromatic rings. The van der Waals surface area contributed by atoms with Gasteiger partial charge in [-0.05, 0) is 43.1 Å². The largest absolute Gasteiger partial charge is 0.416 e. The maximum atomic E-state index is 6.41. The summed E-state index contributed by atoms with van der Waals surface area (Å²) in [6.07, 6.45) is 2.16. The molecule has 0 bridgehead atoms. The van der Waals surface area contributed by atoms with Crippen LogP contribution in [0.4, 0.5) is 0 Å². The van der Waals surface area contributed by atoms with E-state index in [1.165, 1.54) is 12.5 Å². The maximum absolute atomic E-state index is 6.41. The van der Waals surface area contributed by atoms with E-state index < -0.39 is 8.32 Å². The third-order valence-corrected chi connectivity index (χ3v) is 9.70. The summed E-state index contributed by atoms with van der Waals surface area (Å²) in [7, 11) is -1.67. The molecule has 0 aromatic carbocycles. The molecule has 5 N–H and O–H groups in total. The first-order chi connectivity index (χ1) is 9.01. The first kappa shape index (κ1) is 19.1. The van der Waals surface area contributed by atoms with Gasteiger partial charge in [-0.15, -0.1) is 0 Å². The predicted octanol–water partition coefficient (Wildman–Crippen LogP) is 2.06. The van der Waals surface area contributed by atoms with Crippen molar-refractivity contribution in [3.8, 4) is 0 Å². The van der Waals surface area contributed by atoms with E-state index in [0.29, 0.717) is 17.6 Å². The first-order valence-corrected chi connectivity index (χ1v) is 10.0. The van der Waals surface area contributed by atoms with Gasteiger partial charge < -0.3 is 21.2 Å². The van der Waals surface area contributed by atoms with Crippen LogP contribution in [-0.2, 0) is 4.43 Å².